The highest BCUT2D eigenvalue weighted by molar-refractivity contribution is 6.01. The van der Waals surface area contributed by atoms with Gasteiger partial charge in [0.25, 0.3) is 0 Å². The fourth-order valence-corrected chi connectivity index (χ4v) is 4.27. The number of halogens is 1. The van der Waals surface area contributed by atoms with Crippen molar-refractivity contribution in [3.8, 4) is 39.5 Å². The molecule has 0 fully saturated rings. The summed E-state index contributed by atoms with van der Waals surface area (Å²) in [4.78, 5) is 22.5. The molecule has 0 atom stereocenters. The van der Waals surface area contributed by atoms with E-state index in [2.05, 4.69) is 35.1 Å². The van der Waals surface area contributed by atoms with Crippen molar-refractivity contribution in [3.63, 3.8) is 0 Å². The highest BCUT2D eigenvalue weighted by Crippen LogP contribution is 2.35. The lowest BCUT2D eigenvalue weighted by Crippen LogP contribution is -2.19. The number of aromatic amines is 2. The summed E-state index contributed by atoms with van der Waals surface area (Å²) in [5.74, 6) is 0.112. The van der Waals surface area contributed by atoms with Crippen LogP contribution in [0.25, 0.3) is 55.6 Å². The van der Waals surface area contributed by atoms with Crippen LogP contribution in [0.3, 0.4) is 0 Å². The third kappa shape index (κ3) is 4.50. The Labute approximate surface area is 211 Å². The SMILES string of the molecule is CN(C)CCOc1cc(F)cc(-c2cncc3[nH]c(-c4n[nH]c5cnc(-c6cncnc6)cc45)cc23)c1. The van der Waals surface area contributed by atoms with Crippen molar-refractivity contribution < 1.29 is 9.13 Å². The maximum Gasteiger partial charge on any atom is 0.127 e. The number of hydrogen-bond acceptors (Lipinski definition) is 7. The summed E-state index contributed by atoms with van der Waals surface area (Å²) in [6.07, 6.45) is 10.2. The maximum atomic E-state index is 14.5. The molecule has 0 unspecified atom stereocenters. The molecule has 9 nitrogen and oxygen atoms in total. The quantitative estimate of drug-likeness (QED) is 0.331. The van der Waals surface area contributed by atoms with E-state index in [0.717, 1.165) is 56.6 Å². The zero-order chi connectivity index (χ0) is 25.4. The first kappa shape index (κ1) is 22.7. The van der Waals surface area contributed by atoms with E-state index in [0.29, 0.717) is 17.9 Å². The predicted molar refractivity (Wildman–Crippen MR) is 139 cm³/mol. The minimum Gasteiger partial charge on any atom is -0.492 e. The van der Waals surface area contributed by atoms with Gasteiger partial charge >= 0.3 is 0 Å². The Morgan fingerprint density at radius 2 is 1.73 bits per heavy atom. The first-order valence-corrected chi connectivity index (χ1v) is 11.7. The Balaban J connectivity index is 1.41. The molecule has 0 aliphatic carbocycles. The molecule has 6 rings (SSSR count). The normalized spacial score (nSPS) is 11.6. The second-order valence-electron chi connectivity index (χ2n) is 8.97. The number of rotatable bonds is 7. The van der Waals surface area contributed by atoms with Crippen LogP contribution < -0.4 is 4.74 Å². The maximum absolute atomic E-state index is 14.5. The molecule has 2 N–H and O–H groups in total. The number of likely N-dealkylation sites (N-methyl/N-ethyl adjacent to an activating group) is 1. The number of pyridine rings is 2. The Hall–Kier alpha value is -4.70. The van der Waals surface area contributed by atoms with E-state index in [9.17, 15) is 4.39 Å². The van der Waals surface area contributed by atoms with Gasteiger partial charge in [-0.25, -0.2) is 14.4 Å². The standard InChI is InChI=1S/C27H23FN8O/c1-36(2)3-4-37-19-6-16(5-18(28)7-19)22-12-29-13-25-20(22)8-24(33-25)27-21-9-23(17-10-30-15-31-11-17)32-14-26(21)34-35-27/h5-15,33H,3-4H2,1-2H3,(H,34,35). The van der Waals surface area contributed by atoms with Gasteiger partial charge in [-0.05, 0) is 43.9 Å². The molecule has 0 saturated carbocycles. The molecule has 1 aromatic carbocycles. The van der Waals surface area contributed by atoms with E-state index in [-0.39, 0.29) is 5.82 Å². The van der Waals surface area contributed by atoms with Crippen LogP contribution in [-0.2, 0) is 0 Å². The Kier molecular flexibility index (Phi) is 5.78. The molecule has 0 aliphatic heterocycles. The van der Waals surface area contributed by atoms with Crippen LogP contribution in [0.1, 0.15) is 0 Å². The van der Waals surface area contributed by atoms with Crippen molar-refractivity contribution in [3.05, 3.63) is 73.5 Å². The van der Waals surface area contributed by atoms with Crippen molar-refractivity contribution in [2.75, 3.05) is 27.2 Å². The van der Waals surface area contributed by atoms with Crippen LogP contribution in [0.2, 0.25) is 0 Å². The number of ether oxygens (including phenoxy) is 1. The number of H-pyrrole nitrogens is 2. The van der Waals surface area contributed by atoms with Crippen LogP contribution in [0, 0.1) is 5.82 Å². The topological polar surface area (TPSA) is 108 Å². The smallest absolute Gasteiger partial charge is 0.127 e. The van der Waals surface area contributed by atoms with E-state index in [1.165, 1.54) is 18.5 Å². The monoisotopic (exact) mass is 494 g/mol. The third-order valence-electron chi connectivity index (χ3n) is 6.09. The number of nitrogens with zero attached hydrogens (tertiary/aromatic N) is 6. The zero-order valence-electron chi connectivity index (χ0n) is 20.2. The van der Waals surface area contributed by atoms with Gasteiger partial charge in [-0.1, -0.05) is 0 Å². The molecule has 0 spiro atoms. The molecule has 0 radical (unpaired) electrons. The van der Waals surface area contributed by atoms with Crippen molar-refractivity contribution in [2.45, 2.75) is 0 Å². The lowest BCUT2D eigenvalue weighted by molar-refractivity contribution is 0.260. The average molecular weight is 495 g/mol. The molecular weight excluding hydrogens is 471 g/mol. The molecule has 6 aromatic rings. The fourth-order valence-electron chi connectivity index (χ4n) is 4.27. The van der Waals surface area contributed by atoms with E-state index in [4.69, 9.17) is 4.74 Å². The first-order chi connectivity index (χ1) is 18.0. The zero-order valence-corrected chi connectivity index (χ0v) is 20.2. The number of aromatic nitrogens is 7. The number of benzene rings is 1. The second kappa shape index (κ2) is 9.40. The van der Waals surface area contributed by atoms with Crippen LogP contribution in [0.15, 0.2) is 67.6 Å². The van der Waals surface area contributed by atoms with Gasteiger partial charge in [0.2, 0.25) is 0 Å². The Morgan fingerprint density at radius 1 is 0.865 bits per heavy atom. The number of nitrogens with one attached hydrogen (secondary N) is 2. The largest absolute Gasteiger partial charge is 0.492 e. The molecule has 0 amide bonds. The summed E-state index contributed by atoms with van der Waals surface area (Å²) >= 11 is 0. The first-order valence-electron chi connectivity index (χ1n) is 11.7. The summed E-state index contributed by atoms with van der Waals surface area (Å²) in [6.45, 7) is 1.20. The molecule has 184 valence electrons. The van der Waals surface area contributed by atoms with Gasteiger partial charge in [0.1, 0.15) is 30.2 Å². The molecule has 5 heterocycles. The van der Waals surface area contributed by atoms with Crippen LogP contribution >= 0.6 is 0 Å². The fraction of sp³-hybridized carbons (Fsp3) is 0.148. The van der Waals surface area contributed by atoms with E-state index < -0.39 is 0 Å². The molecule has 0 aliphatic rings. The number of hydrogen-bond donors (Lipinski definition) is 2. The van der Waals surface area contributed by atoms with Crippen molar-refractivity contribution in [1.82, 2.24) is 40.0 Å². The third-order valence-corrected chi connectivity index (χ3v) is 6.09. The van der Waals surface area contributed by atoms with Crippen molar-refractivity contribution in [2.24, 2.45) is 0 Å². The van der Waals surface area contributed by atoms with E-state index >= 15 is 0 Å². The molecule has 5 aromatic heterocycles. The predicted octanol–water partition coefficient (Wildman–Crippen LogP) is 4.70. The lowest BCUT2D eigenvalue weighted by Gasteiger charge is -2.12. The van der Waals surface area contributed by atoms with Crippen LogP contribution in [-0.4, -0.2) is 67.3 Å². The van der Waals surface area contributed by atoms with Gasteiger partial charge in [0.15, 0.2) is 0 Å². The van der Waals surface area contributed by atoms with Gasteiger partial charge < -0.3 is 14.6 Å². The second-order valence-corrected chi connectivity index (χ2v) is 8.97. The average Bonchev–Trinajstić information content (AvgIpc) is 3.52. The summed E-state index contributed by atoms with van der Waals surface area (Å²) in [5, 5.41) is 9.39. The van der Waals surface area contributed by atoms with Gasteiger partial charge in [-0.15, -0.1) is 0 Å². The molecule has 10 heteroatoms. The van der Waals surface area contributed by atoms with Crippen LogP contribution in [0.4, 0.5) is 4.39 Å². The Morgan fingerprint density at radius 3 is 2.57 bits per heavy atom. The Bertz CT molecular complexity index is 1710. The molecular formula is C27H23FN8O. The van der Waals surface area contributed by atoms with Gasteiger partial charge in [0, 0.05) is 53.1 Å². The molecule has 0 saturated heterocycles. The van der Waals surface area contributed by atoms with Crippen molar-refractivity contribution in [1.29, 1.82) is 0 Å². The highest BCUT2D eigenvalue weighted by Gasteiger charge is 2.16. The summed E-state index contributed by atoms with van der Waals surface area (Å²) in [5.41, 5.74) is 6.20. The van der Waals surface area contributed by atoms with Crippen molar-refractivity contribution >= 4 is 21.8 Å². The van der Waals surface area contributed by atoms with Gasteiger partial charge in [-0.3, -0.25) is 15.1 Å². The lowest BCUT2D eigenvalue weighted by atomic mass is 10.0. The van der Waals surface area contributed by atoms with Gasteiger partial charge in [-0.2, -0.15) is 5.10 Å². The summed E-state index contributed by atoms with van der Waals surface area (Å²) in [7, 11) is 3.93. The van der Waals surface area contributed by atoms with E-state index in [1.54, 1.807) is 31.0 Å². The minimum absolute atomic E-state index is 0.367. The van der Waals surface area contributed by atoms with E-state index in [1.807, 2.05) is 37.2 Å². The molecule has 0 bridgehead atoms. The molecule has 37 heavy (non-hydrogen) atoms. The summed E-state index contributed by atoms with van der Waals surface area (Å²) < 4.78 is 20.3. The minimum atomic E-state index is -0.367. The van der Waals surface area contributed by atoms with Gasteiger partial charge in [0.05, 0.1) is 34.8 Å². The summed E-state index contributed by atoms with van der Waals surface area (Å²) in [6, 6.07) is 8.69. The van der Waals surface area contributed by atoms with Crippen LogP contribution in [0.5, 0.6) is 5.75 Å². The number of fused-ring (bicyclic) bond motifs is 2. The highest BCUT2D eigenvalue weighted by atomic mass is 19.1.